The Balaban J connectivity index is 3.29. The lowest BCUT2D eigenvalue weighted by atomic mass is 10.1. The lowest BCUT2D eigenvalue weighted by Gasteiger charge is -2.08. The van der Waals surface area contributed by atoms with E-state index in [4.69, 9.17) is 0 Å². The van der Waals surface area contributed by atoms with Gasteiger partial charge in [-0.15, -0.1) is 0 Å². The minimum absolute atomic E-state index is 0.0307. The predicted molar refractivity (Wildman–Crippen MR) is 52.8 cm³/mol. The summed E-state index contributed by atoms with van der Waals surface area (Å²) in [5.74, 6) is -2.42. The van der Waals surface area contributed by atoms with E-state index in [0.29, 0.717) is 0 Å². The average Bonchev–Trinajstić information content (AvgIpc) is 2.16. The van der Waals surface area contributed by atoms with E-state index in [1.54, 1.807) is 0 Å². The molecule has 7 heteroatoms. The molecule has 0 bridgehead atoms. The third-order valence-electron chi connectivity index (χ3n) is 1.69. The third-order valence-corrected chi connectivity index (χ3v) is 2.10. The number of nitrogens with zero attached hydrogens (tertiary/aromatic N) is 1. The standard InChI is InChI=1S/C9H7BrF3NO2/c1-2-16-9(15)6-4(7(11)12)3-5(10)14-8(6)13/h3,7H,2H2,1H3. The summed E-state index contributed by atoms with van der Waals surface area (Å²) < 4.78 is 42.8. The normalized spacial score (nSPS) is 10.6. The number of ether oxygens (including phenoxy) is 1. The minimum Gasteiger partial charge on any atom is -0.462 e. The molecule has 0 aliphatic carbocycles. The van der Waals surface area contributed by atoms with E-state index in [9.17, 15) is 18.0 Å². The van der Waals surface area contributed by atoms with E-state index >= 15 is 0 Å². The Morgan fingerprint density at radius 1 is 1.62 bits per heavy atom. The number of halogens is 4. The molecule has 0 aromatic carbocycles. The van der Waals surface area contributed by atoms with Gasteiger partial charge in [-0.25, -0.2) is 18.6 Å². The molecule has 3 nitrogen and oxygen atoms in total. The van der Waals surface area contributed by atoms with Crippen LogP contribution in [-0.4, -0.2) is 17.6 Å². The first-order valence-electron chi connectivity index (χ1n) is 4.28. The molecule has 0 aliphatic rings. The highest BCUT2D eigenvalue weighted by Crippen LogP contribution is 2.27. The lowest BCUT2D eigenvalue weighted by molar-refractivity contribution is 0.0507. The Bertz CT molecular complexity index is 412. The maximum atomic E-state index is 13.3. The first-order chi connectivity index (χ1) is 7.47. The molecule has 0 saturated heterocycles. The molecule has 1 aromatic rings. The molecule has 1 aromatic heterocycles. The van der Waals surface area contributed by atoms with Gasteiger partial charge in [0.15, 0.2) is 0 Å². The highest BCUT2D eigenvalue weighted by atomic mass is 79.9. The minimum atomic E-state index is -2.98. The smallest absolute Gasteiger partial charge is 0.343 e. The SMILES string of the molecule is CCOC(=O)c1c(C(F)F)cc(Br)nc1F. The van der Waals surface area contributed by atoms with Gasteiger partial charge in [-0.2, -0.15) is 4.39 Å². The molecule has 88 valence electrons. The summed E-state index contributed by atoms with van der Waals surface area (Å²) in [5, 5.41) is 0. The van der Waals surface area contributed by atoms with Gasteiger partial charge in [-0.1, -0.05) is 0 Å². The molecule has 0 N–H and O–H groups in total. The van der Waals surface area contributed by atoms with Gasteiger partial charge in [0, 0.05) is 5.56 Å². The molecule has 0 aliphatic heterocycles. The summed E-state index contributed by atoms with van der Waals surface area (Å²) in [6.45, 7) is 1.46. The van der Waals surface area contributed by atoms with Crippen LogP contribution in [0.2, 0.25) is 0 Å². The van der Waals surface area contributed by atoms with Crippen molar-refractivity contribution in [2.45, 2.75) is 13.3 Å². The van der Waals surface area contributed by atoms with Gasteiger partial charge < -0.3 is 4.74 Å². The zero-order chi connectivity index (χ0) is 12.3. The predicted octanol–water partition coefficient (Wildman–Crippen LogP) is 3.10. The van der Waals surface area contributed by atoms with Gasteiger partial charge in [0.2, 0.25) is 5.95 Å². The van der Waals surface area contributed by atoms with Crippen LogP contribution in [0.4, 0.5) is 13.2 Å². The topological polar surface area (TPSA) is 39.2 Å². The summed E-state index contributed by atoms with van der Waals surface area (Å²) >= 11 is 2.77. The van der Waals surface area contributed by atoms with Gasteiger partial charge >= 0.3 is 5.97 Å². The zero-order valence-corrected chi connectivity index (χ0v) is 9.72. The third kappa shape index (κ3) is 2.72. The molecule has 1 rings (SSSR count). The molecular formula is C9H7BrF3NO2. The average molecular weight is 298 g/mol. The molecule has 0 radical (unpaired) electrons. The highest BCUT2D eigenvalue weighted by Gasteiger charge is 2.25. The zero-order valence-electron chi connectivity index (χ0n) is 8.14. The summed E-state index contributed by atoms with van der Waals surface area (Å²) in [4.78, 5) is 14.5. The number of alkyl halides is 2. The Hall–Kier alpha value is -1.11. The summed E-state index contributed by atoms with van der Waals surface area (Å²) in [5.41, 5.74) is -1.56. The van der Waals surface area contributed by atoms with Gasteiger partial charge in [0.25, 0.3) is 6.43 Å². The number of rotatable bonds is 3. The Morgan fingerprint density at radius 2 is 2.25 bits per heavy atom. The fourth-order valence-corrected chi connectivity index (χ4v) is 1.48. The van der Waals surface area contributed by atoms with Crippen LogP contribution >= 0.6 is 15.9 Å². The van der Waals surface area contributed by atoms with E-state index in [0.717, 1.165) is 6.07 Å². The molecule has 0 fully saturated rings. The van der Waals surface area contributed by atoms with Crippen LogP contribution < -0.4 is 0 Å². The fourth-order valence-electron chi connectivity index (χ4n) is 1.08. The van der Waals surface area contributed by atoms with Crippen molar-refractivity contribution in [2.24, 2.45) is 0 Å². The number of carbonyl (C=O) groups excluding carboxylic acids is 1. The highest BCUT2D eigenvalue weighted by molar-refractivity contribution is 9.10. The molecule has 0 spiro atoms. The Morgan fingerprint density at radius 3 is 2.75 bits per heavy atom. The number of esters is 1. The largest absolute Gasteiger partial charge is 0.462 e. The molecule has 16 heavy (non-hydrogen) atoms. The molecule has 1 heterocycles. The second kappa shape index (κ2) is 5.29. The van der Waals surface area contributed by atoms with Crippen molar-refractivity contribution < 1.29 is 22.7 Å². The van der Waals surface area contributed by atoms with Crippen molar-refractivity contribution in [3.8, 4) is 0 Å². The summed E-state index contributed by atoms with van der Waals surface area (Å²) in [7, 11) is 0. The number of pyridine rings is 1. The Kier molecular flexibility index (Phi) is 4.28. The fraction of sp³-hybridized carbons (Fsp3) is 0.333. The quantitative estimate of drug-likeness (QED) is 0.636. The maximum Gasteiger partial charge on any atom is 0.343 e. The van der Waals surface area contributed by atoms with Gasteiger partial charge in [0.05, 0.1) is 6.61 Å². The number of aromatic nitrogens is 1. The molecule has 0 unspecified atom stereocenters. The van der Waals surface area contributed by atoms with E-state index in [1.807, 2.05) is 0 Å². The van der Waals surface area contributed by atoms with Crippen molar-refractivity contribution in [3.05, 3.63) is 27.7 Å². The second-order valence-corrected chi connectivity index (χ2v) is 3.53. The second-order valence-electron chi connectivity index (χ2n) is 2.72. The van der Waals surface area contributed by atoms with Crippen LogP contribution in [-0.2, 0) is 4.74 Å². The van der Waals surface area contributed by atoms with Gasteiger partial charge in [-0.3, -0.25) is 0 Å². The van der Waals surface area contributed by atoms with Crippen molar-refractivity contribution in [1.29, 1.82) is 0 Å². The summed E-state index contributed by atoms with van der Waals surface area (Å²) in [6.07, 6.45) is -2.98. The van der Waals surface area contributed by atoms with Crippen molar-refractivity contribution >= 4 is 21.9 Å². The van der Waals surface area contributed by atoms with Crippen LogP contribution in [0.3, 0.4) is 0 Å². The number of hydrogen-bond acceptors (Lipinski definition) is 3. The first-order valence-corrected chi connectivity index (χ1v) is 5.07. The van der Waals surface area contributed by atoms with Crippen LogP contribution in [0.5, 0.6) is 0 Å². The van der Waals surface area contributed by atoms with E-state index in [-0.39, 0.29) is 11.2 Å². The van der Waals surface area contributed by atoms with Gasteiger partial charge in [0.1, 0.15) is 10.2 Å². The molecule has 0 saturated carbocycles. The van der Waals surface area contributed by atoms with Crippen LogP contribution in [0, 0.1) is 5.95 Å². The Labute approximate surface area is 97.8 Å². The summed E-state index contributed by atoms with van der Waals surface area (Å²) in [6, 6.07) is 0.889. The van der Waals surface area contributed by atoms with Crippen LogP contribution in [0.25, 0.3) is 0 Å². The van der Waals surface area contributed by atoms with E-state index in [2.05, 4.69) is 25.7 Å². The molecular weight excluding hydrogens is 291 g/mol. The molecule has 0 atom stereocenters. The maximum absolute atomic E-state index is 13.3. The number of carbonyl (C=O) groups is 1. The van der Waals surface area contributed by atoms with Crippen molar-refractivity contribution in [3.63, 3.8) is 0 Å². The van der Waals surface area contributed by atoms with Crippen LogP contribution in [0.15, 0.2) is 10.7 Å². The molecule has 0 amide bonds. The van der Waals surface area contributed by atoms with E-state index < -0.39 is 29.5 Å². The van der Waals surface area contributed by atoms with Crippen LogP contribution in [0.1, 0.15) is 29.3 Å². The van der Waals surface area contributed by atoms with Gasteiger partial charge in [-0.05, 0) is 28.9 Å². The first kappa shape index (κ1) is 13.0. The monoisotopic (exact) mass is 297 g/mol. The lowest BCUT2D eigenvalue weighted by Crippen LogP contribution is -2.12. The van der Waals surface area contributed by atoms with Crippen molar-refractivity contribution in [1.82, 2.24) is 4.98 Å². The van der Waals surface area contributed by atoms with E-state index in [1.165, 1.54) is 6.92 Å². The number of hydrogen-bond donors (Lipinski definition) is 0. The van der Waals surface area contributed by atoms with Crippen molar-refractivity contribution in [2.75, 3.05) is 6.61 Å².